The van der Waals surface area contributed by atoms with Crippen LogP contribution in [-0.2, 0) is 20.1 Å². The van der Waals surface area contributed by atoms with Gasteiger partial charge in [-0.15, -0.1) is 0 Å². The summed E-state index contributed by atoms with van der Waals surface area (Å²) in [7, 11) is 3.80. The molecule has 0 aliphatic heterocycles. The van der Waals surface area contributed by atoms with E-state index < -0.39 is 0 Å². The van der Waals surface area contributed by atoms with E-state index in [-0.39, 0.29) is 6.10 Å². The van der Waals surface area contributed by atoms with Gasteiger partial charge in [0.05, 0.1) is 6.10 Å². The second-order valence-electron chi connectivity index (χ2n) is 6.24. The Morgan fingerprint density at radius 2 is 1.96 bits per heavy atom. The molecule has 0 bridgehead atoms. The summed E-state index contributed by atoms with van der Waals surface area (Å²) in [6.45, 7) is 7.56. The van der Waals surface area contributed by atoms with Gasteiger partial charge in [-0.05, 0) is 44.0 Å². The Labute approximate surface area is 144 Å². The largest absolute Gasteiger partial charge is 0.491 e. The number of hydrogen-bond donors (Lipinski definition) is 2. The van der Waals surface area contributed by atoms with Gasteiger partial charge in [0, 0.05) is 45.1 Å². The third-order valence-corrected chi connectivity index (χ3v) is 3.61. The minimum atomic E-state index is 0.154. The van der Waals surface area contributed by atoms with Crippen molar-refractivity contribution in [3.05, 3.63) is 53.3 Å². The number of aliphatic imine (C=N–C) groups is 1. The van der Waals surface area contributed by atoms with E-state index in [1.54, 1.807) is 7.05 Å². The molecular formula is C19H28N4O. The lowest BCUT2D eigenvalue weighted by molar-refractivity contribution is 0.239. The van der Waals surface area contributed by atoms with Crippen molar-refractivity contribution in [1.82, 2.24) is 15.2 Å². The highest BCUT2D eigenvalue weighted by molar-refractivity contribution is 5.79. The van der Waals surface area contributed by atoms with E-state index in [1.807, 2.05) is 31.7 Å². The van der Waals surface area contributed by atoms with Crippen LogP contribution in [0.4, 0.5) is 0 Å². The van der Waals surface area contributed by atoms with Crippen LogP contribution in [0.3, 0.4) is 0 Å². The number of ether oxygens (including phenoxy) is 1. The van der Waals surface area contributed by atoms with E-state index in [9.17, 15) is 0 Å². The van der Waals surface area contributed by atoms with Crippen molar-refractivity contribution in [2.24, 2.45) is 12.0 Å². The summed E-state index contributed by atoms with van der Waals surface area (Å²) in [5, 5.41) is 6.67. The molecule has 1 heterocycles. The van der Waals surface area contributed by atoms with Gasteiger partial charge in [0.1, 0.15) is 5.75 Å². The van der Waals surface area contributed by atoms with Gasteiger partial charge in [0.25, 0.3) is 0 Å². The van der Waals surface area contributed by atoms with Crippen LogP contribution < -0.4 is 15.4 Å². The molecule has 0 unspecified atom stereocenters. The Hall–Kier alpha value is -2.43. The van der Waals surface area contributed by atoms with Crippen molar-refractivity contribution in [3.8, 4) is 5.75 Å². The minimum Gasteiger partial charge on any atom is -0.491 e. The van der Waals surface area contributed by atoms with Gasteiger partial charge >= 0.3 is 0 Å². The zero-order chi connectivity index (χ0) is 17.5. The van der Waals surface area contributed by atoms with Crippen LogP contribution in [0.5, 0.6) is 5.75 Å². The van der Waals surface area contributed by atoms with Crippen molar-refractivity contribution >= 4 is 5.96 Å². The van der Waals surface area contributed by atoms with Crippen LogP contribution in [0.2, 0.25) is 0 Å². The molecule has 0 aliphatic carbocycles. The number of guanidine groups is 1. The van der Waals surface area contributed by atoms with Crippen LogP contribution in [0.1, 0.15) is 30.5 Å². The number of aromatic nitrogens is 1. The van der Waals surface area contributed by atoms with Crippen molar-refractivity contribution in [3.63, 3.8) is 0 Å². The summed E-state index contributed by atoms with van der Waals surface area (Å²) in [6.07, 6.45) is 4.28. The molecule has 0 saturated heterocycles. The summed E-state index contributed by atoms with van der Waals surface area (Å²) in [4.78, 5) is 4.28. The number of nitrogens with zero attached hydrogens (tertiary/aromatic N) is 2. The normalized spacial score (nSPS) is 11.7. The molecule has 0 amide bonds. The first-order chi connectivity index (χ1) is 11.5. The average molecular weight is 328 g/mol. The maximum Gasteiger partial charge on any atom is 0.191 e. The molecule has 5 heteroatoms. The number of benzene rings is 1. The Bertz CT molecular complexity index is 688. The van der Waals surface area contributed by atoms with Crippen LogP contribution in [-0.4, -0.2) is 23.7 Å². The fraction of sp³-hybridized carbons (Fsp3) is 0.421. The van der Waals surface area contributed by atoms with E-state index >= 15 is 0 Å². The Morgan fingerprint density at radius 1 is 1.21 bits per heavy atom. The van der Waals surface area contributed by atoms with E-state index in [4.69, 9.17) is 4.74 Å². The minimum absolute atomic E-state index is 0.154. The molecule has 24 heavy (non-hydrogen) atoms. The quantitative estimate of drug-likeness (QED) is 0.633. The Kier molecular flexibility index (Phi) is 6.29. The van der Waals surface area contributed by atoms with Gasteiger partial charge in [-0.2, -0.15) is 0 Å². The lowest BCUT2D eigenvalue weighted by Crippen LogP contribution is -2.36. The fourth-order valence-electron chi connectivity index (χ4n) is 2.42. The first-order valence-electron chi connectivity index (χ1n) is 8.29. The van der Waals surface area contributed by atoms with E-state index in [1.165, 1.54) is 11.1 Å². The number of aryl methyl sites for hydroxylation is 2. The van der Waals surface area contributed by atoms with E-state index in [0.29, 0.717) is 6.54 Å². The van der Waals surface area contributed by atoms with Gasteiger partial charge in [0.2, 0.25) is 0 Å². The van der Waals surface area contributed by atoms with Crippen molar-refractivity contribution in [1.29, 1.82) is 0 Å². The standard InChI is InChI=1S/C19H28N4O/c1-14(2)24-18-10-15(3)6-7-17(18)12-22-19(20-4)21-11-16-8-9-23(5)13-16/h6-10,13-14H,11-12H2,1-5H3,(H2,20,21,22). The number of hydrogen-bond acceptors (Lipinski definition) is 2. The van der Waals surface area contributed by atoms with Crippen LogP contribution in [0, 0.1) is 6.92 Å². The number of rotatable bonds is 6. The highest BCUT2D eigenvalue weighted by atomic mass is 16.5. The average Bonchev–Trinajstić information content (AvgIpc) is 2.94. The Morgan fingerprint density at radius 3 is 2.58 bits per heavy atom. The molecule has 1 aromatic carbocycles. The summed E-state index contributed by atoms with van der Waals surface area (Å²) >= 11 is 0. The van der Waals surface area contributed by atoms with Gasteiger partial charge in [0.15, 0.2) is 5.96 Å². The highest BCUT2D eigenvalue weighted by Gasteiger charge is 2.07. The van der Waals surface area contributed by atoms with E-state index in [0.717, 1.165) is 23.8 Å². The van der Waals surface area contributed by atoms with Crippen LogP contribution in [0.25, 0.3) is 0 Å². The second-order valence-corrected chi connectivity index (χ2v) is 6.24. The van der Waals surface area contributed by atoms with Crippen LogP contribution in [0.15, 0.2) is 41.7 Å². The summed E-state index contributed by atoms with van der Waals surface area (Å²) in [5.74, 6) is 1.70. The molecular weight excluding hydrogens is 300 g/mol. The van der Waals surface area contributed by atoms with Crippen LogP contribution >= 0.6 is 0 Å². The van der Waals surface area contributed by atoms with Gasteiger partial charge < -0.3 is 19.9 Å². The molecule has 0 saturated carbocycles. The van der Waals surface area contributed by atoms with Crippen molar-refractivity contribution < 1.29 is 4.74 Å². The molecule has 2 rings (SSSR count). The maximum absolute atomic E-state index is 5.92. The lowest BCUT2D eigenvalue weighted by Gasteiger charge is -2.17. The molecule has 2 N–H and O–H groups in total. The first-order valence-corrected chi connectivity index (χ1v) is 8.29. The fourth-order valence-corrected chi connectivity index (χ4v) is 2.42. The van der Waals surface area contributed by atoms with E-state index in [2.05, 4.69) is 53.0 Å². The molecule has 0 spiro atoms. The zero-order valence-electron chi connectivity index (χ0n) is 15.3. The first kappa shape index (κ1) is 17.9. The lowest BCUT2D eigenvalue weighted by atomic mass is 10.1. The molecule has 0 radical (unpaired) electrons. The Balaban J connectivity index is 1.95. The summed E-state index contributed by atoms with van der Waals surface area (Å²) in [5.41, 5.74) is 3.54. The topological polar surface area (TPSA) is 50.6 Å². The van der Waals surface area contributed by atoms with Crippen molar-refractivity contribution in [2.45, 2.75) is 40.0 Å². The molecule has 1 aromatic heterocycles. The molecule has 5 nitrogen and oxygen atoms in total. The predicted molar refractivity (Wildman–Crippen MR) is 99.4 cm³/mol. The zero-order valence-corrected chi connectivity index (χ0v) is 15.3. The molecule has 0 fully saturated rings. The third-order valence-electron chi connectivity index (χ3n) is 3.61. The summed E-state index contributed by atoms with van der Waals surface area (Å²) < 4.78 is 7.96. The monoisotopic (exact) mass is 328 g/mol. The highest BCUT2D eigenvalue weighted by Crippen LogP contribution is 2.21. The maximum atomic E-state index is 5.92. The SMILES string of the molecule is CN=C(NCc1ccn(C)c1)NCc1ccc(C)cc1OC(C)C. The smallest absolute Gasteiger partial charge is 0.191 e. The van der Waals surface area contributed by atoms with Gasteiger partial charge in [-0.3, -0.25) is 4.99 Å². The molecule has 0 atom stereocenters. The summed E-state index contributed by atoms with van der Waals surface area (Å²) in [6, 6.07) is 8.38. The van der Waals surface area contributed by atoms with Gasteiger partial charge in [-0.25, -0.2) is 0 Å². The van der Waals surface area contributed by atoms with Gasteiger partial charge in [-0.1, -0.05) is 12.1 Å². The third kappa shape index (κ3) is 5.33. The second kappa shape index (κ2) is 8.43. The molecule has 0 aliphatic rings. The molecule has 130 valence electrons. The van der Waals surface area contributed by atoms with Crippen molar-refractivity contribution in [2.75, 3.05) is 7.05 Å². The number of nitrogens with one attached hydrogen (secondary N) is 2. The predicted octanol–water partition coefficient (Wildman–Crippen LogP) is 2.99. The molecule has 2 aromatic rings.